The van der Waals surface area contributed by atoms with Gasteiger partial charge in [0, 0.05) is 17.2 Å². The second kappa shape index (κ2) is 12.7. The number of hydrazone groups is 1. The van der Waals surface area contributed by atoms with Crippen molar-refractivity contribution in [3.05, 3.63) is 81.1 Å². The number of ether oxygens (including phenoxy) is 1. The summed E-state index contributed by atoms with van der Waals surface area (Å²) < 4.78 is 11.4. The van der Waals surface area contributed by atoms with E-state index in [9.17, 15) is 19.7 Å². The van der Waals surface area contributed by atoms with Crippen molar-refractivity contribution in [2.45, 2.75) is 47.1 Å². The Morgan fingerprint density at radius 3 is 2.45 bits per heavy atom. The van der Waals surface area contributed by atoms with Gasteiger partial charge in [-0.1, -0.05) is 44.2 Å². The zero-order valence-corrected chi connectivity index (χ0v) is 22.1. The molecule has 38 heavy (non-hydrogen) atoms. The van der Waals surface area contributed by atoms with Crippen molar-refractivity contribution in [3.8, 4) is 17.1 Å². The molecule has 0 saturated carbocycles. The first kappa shape index (κ1) is 28.1. The number of nitro benzene ring substituents is 1. The van der Waals surface area contributed by atoms with Crippen molar-refractivity contribution >= 4 is 23.7 Å². The third-order valence-corrected chi connectivity index (χ3v) is 5.80. The SMILES string of the molecule is Cc1ccc(-c2ccc(/C=N\NC(=O)[C@@H](CC(C)C)NC(=O)COc3c(C)cccc3C)o2)cc1[N+](=O)[O-]. The Morgan fingerprint density at radius 1 is 1.08 bits per heavy atom. The maximum atomic E-state index is 12.8. The van der Waals surface area contributed by atoms with Crippen LogP contribution in [0.4, 0.5) is 5.69 Å². The molecule has 0 unspecified atom stereocenters. The molecule has 0 spiro atoms. The Hall–Kier alpha value is -4.47. The van der Waals surface area contributed by atoms with Crippen LogP contribution >= 0.6 is 0 Å². The monoisotopic (exact) mass is 520 g/mol. The van der Waals surface area contributed by atoms with E-state index in [2.05, 4.69) is 15.8 Å². The van der Waals surface area contributed by atoms with Crippen LogP contribution in [0.15, 0.2) is 58.0 Å². The van der Waals surface area contributed by atoms with E-state index in [1.54, 1.807) is 31.2 Å². The molecular weight excluding hydrogens is 488 g/mol. The van der Waals surface area contributed by atoms with Crippen LogP contribution in [0, 0.1) is 36.8 Å². The molecule has 0 fully saturated rings. The smallest absolute Gasteiger partial charge is 0.273 e. The maximum Gasteiger partial charge on any atom is 0.273 e. The van der Waals surface area contributed by atoms with Crippen LogP contribution in [0.1, 0.15) is 42.7 Å². The van der Waals surface area contributed by atoms with Gasteiger partial charge in [0.2, 0.25) is 0 Å². The fourth-order valence-electron chi connectivity index (χ4n) is 3.88. The van der Waals surface area contributed by atoms with Gasteiger partial charge >= 0.3 is 0 Å². The van der Waals surface area contributed by atoms with Gasteiger partial charge in [-0.2, -0.15) is 5.10 Å². The number of hydrogen-bond acceptors (Lipinski definition) is 7. The summed E-state index contributed by atoms with van der Waals surface area (Å²) in [5.41, 5.74) is 5.38. The molecule has 0 saturated heterocycles. The van der Waals surface area contributed by atoms with Crippen molar-refractivity contribution in [2.24, 2.45) is 11.0 Å². The Morgan fingerprint density at radius 2 is 1.79 bits per heavy atom. The summed E-state index contributed by atoms with van der Waals surface area (Å²) in [5, 5.41) is 17.9. The number of carbonyl (C=O) groups is 2. The van der Waals surface area contributed by atoms with Crippen molar-refractivity contribution in [2.75, 3.05) is 6.61 Å². The number of nitro groups is 1. The number of nitrogens with one attached hydrogen (secondary N) is 2. The Balaban J connectivity index is 1.60. The first-order chi connectivity index (χ1) is 18.0. The third-order valence-electron chi connectivity index (χ3n) is 5.80. The Kier molecular flexibility index (Phi) is 9.37. The number of para-hydroxylation sites is 1. The minimum atomic E-state index is -0.804. The van der Waals surface area contributed by atoms with Gasteiger partial charge in [0.25, 0.3) is 17.5 Å². The van der Waals surface area contributed by atoms with Crippen LogP contribution in [-0.2, 0) is 9.59 Å². The standard InChI is InChI=1S/C28H32N4O6/c1-17(2)13-23(30-26(33)16-37-27-19(4)7-6-8-20(27)5)28(34)31-29-15-22-11-12-25(38-22)21-10-9-18(3)24(14-21)32(35)36/h6-12,14-15,17,23H,13,16H2,1-5H3,(H,30,33)(H,31,34)/b29-15-/t23-/m1/s1. The van der Waals surface area contributed by atoms with Crippen LogP contribution in [0.3, 0.4) is 0 Å². The van der Waals surface area contributed by atoms with E-state index in [0.717, 1.165) is 11.1 Å². The molecule has 0 radical (unpaired) electrons. The first-order valence-corrected chi connectivity index (χ1v) is 12.2. The van der Waals surface area contributed by atoms with E-state index < -0.39 is 22.8 Å². The van der Waals surface area contributed by atoms with Gasteiger partial charge in [0.05, 0.1) is 11.1 Å². The summed E-state index contributed by atoms with van der Waals surface area (Å²) in [4.78, 5) is 36.1. The Labute approximate surface area is 221 Å². The van der Waals surface area contributed by atoms with Crippen LogP contribution in [0.25, 0.3) is 11.3 Å². The van der Waals surface area contributed by atoms with Gasteiger partial charge in [0.1, 0.15) is 23.3 Å². The summed E-state index contributed by atoms with van der Waals surface area (Å²) in [5.74, 6) is 0.664. The highest BCUT2D eigenvalue weighted by molar-refractivity contribution is 5.89. The summed E-state index contributed by atoms with van der Waals surface area (Å²) >= 11 is 0. The molecule has 1 aromatic heterocycles. The van der Waals surface area contributed by atoms with Gasteiger partial charge < -0.3 is 14.5 Å². The highest BCUT2D eigenvalue weighted by atomic mass is 16.6. The molecular formula is C28H32N4O6. The first-order valence-electron chi connectivity index (χ1n) is 12.2. The van der Waals surface area contributed by atoms with Gasteiger partial charge in [-0.3, -0.25) is 19.7 Å². The summed E-state index contributed by atoms with van der Waals surface area (Å²) in [6.07, 6.45) is 1.73. The largest absolute Gasteiger partial charge is 0.483 e. The predicted octanol–water partition coefficient (Wildman–Crippen LogP) is 4.84. The highest BCUT2D eigenvalue weighted by Crippen LogP contribution is 2.28. The number of carbonyl (C=O) groups excluding carboxylic acids is 2. The molecule has 1 heterocycles. The number of rotatable bonds is 11. The highest BCUT2D eigenvalue weighted by Gasteiger charge is 2.22. The molecule has 0 aliphatic rings. The minimum absolute atomic E-state index is 0.000871. The molecule has 0 aliphatic heterocycles. The predicted molar refractivity (Wildman–Crippen MR) is 144 cm³/mol. The molecule has 2 amide bonds. The average molecular weight is 521 g/mol. The van der Waals surface area contributed by atoms with E-state index in [1.807, 2.05) is 45.9 Å². The summed E-state index contributed by atoms with van der Waals surface area (Å²) in [6, 6.07) is 13.0. The summed E-state index contributed by atoms with van der Waals surface area (Å²) in [6.45, 7) is 9.15. The van der Waals surface area contributed by atoms with Crippen molar-refractivity contribution in [3.63, 3.8) is 0 Å². The average Bonchev–Trinajstić information content (AvgIpc) is 3.32. The van der Waals surface area contributed by atoms with Gasteiger partial charge in [-0.15, -0.1) is 0 Å². The van der Waals surface area contributed by atoms with Crippen molar-refractivity contribution in [1.29, 1.82) is 0 Å². The molecule has 1 atom stereocenters. The molecule has 2 aromatic carbocycles. The zero-order chi connectivity index (χ0) is 27.8. The molecule has 10 nitrogen and oxygen atoms in total. The van der Waals surface area contributed by atoms with Crippen LogP contribution < -0.4 is 15.5 Å². The lowest BCUT2D eigenvalue weighted by Gasteiger charge is -2.19. The molecule has 0 aliphatic carbocycles. The number of aryl methyl sites for hydroxylation is 3. The van der Waals surface area contributed by atoms with E-state index >= 15 is 0 Å². The van der Waals surface area contributed by atoms with Crippen molar-refractivity contribution in [1.82, 2.24) is 10.7 Å². The lowest BCUT2D eigenvalue weighted by Crippen LogP contribution is -2.47. The molecule has 10 heteroatoms. The lowest BCUT2D eigenvalue weighted by molar-refractivity contribution is -0.385. The van der Waals surface area contributed by atoms with E-state index in [4.69, 9.17) is 9.15 Å². The normalized spacial score (nSPS) is 11.9. The van der Waals surface area contributed by atoms with Crippen LogP contribution in [0.5, 0.6) is 5.75 Å². The second-order valence-corrected chi connectivity index (χ2v) is 9.45. The molecule has 2 N–H and O–H groups in total. The number of benzene rings is 2. The third kappa shape index (κ3) is 7.52. The fraction of sp³-hybridized carbons (Fsp3) is 0.321. The zero-order valence-electron chi connectivity index (χ0n) is 22.1. The maximum absolute atomic E-state index is 12.8. The fourth-order valence-corrected chi connectivity index (χ4v) is 3.88. The molecule has 200 valence electrons. The Bertz CT molecular complexity index is 1320. The summed E-state index contributed by atoms with van der Waals surface area (Å²) in [7, 11) is 0. The molecule has 0 bridgehead atoms. The molecule has 3 rings (SSSR count). The number of amides is 2. The van der Waals surface area contributed by atoms with Crippen molar-refractivity contribution < 1.29 is 23.7 Å². The number of nitrogens with zero attached hydrogens (tertiary/aromatic N) is 2. The number of furan rings is 1. The van der Waals surface area contributed by atoms with E-state index in [0.29, 0.717) is 34.8 Å². The van der Waals surface area contributed by atoms with Crippen LogP contribution in [0.2, 0.25) is 0 Å². The second-order valence-electron chi connectivity index (χ2n) is 9.45. The quantitative estimate of drug-likeness (QED) is 0.211. The van der Waals surface area contributed by atoms with E-state index in [1.165, 1.54) is 12.3 Å². The topological polar surface area (TPSA) is 136 Å². The van der Waals surface area contributed by atoms with Gasteiger partial charge in [-0.05, 0) is 56.4 Å². The van der Waals surface area contributed by atoms with Gasteiger partial charge in [0.15, 0.2) is 6.61 Å². The van der Waals surface area contributed by atoms with E-state index in [-0.39, 0.29) is 18.2 Å². The van der Waals surface area contributed by atoms with Crippen LogP contribution in [-0.4, -0.2) is 35.6 Å². The minimum Gasteiger partial charge on any atom is -0.483 e. The van der Waals surface area contributed by atoms with Gasteiger partial charge in [-0.25, -0.2) is 5.43 Å². The number of hydrogen-bond donors (Lipinski definition) is 2. The molecule has 3 aromatic rings. The lowest BCUT2D eigenvalue weighted by atomic mass is 10.0.